The van der Waals surface area contributed by atoms with E-state index in [0.29, 0.717) is 30.9 Å². The fourth-order valence-electron chi connectivity index (χ4n) is 6.56. The zero-order valence-corrected chi connectivity index (χ0v) is 26.6. The van der Waals surface area contributed by atoms with Crippen LogP contribution in [0.15, 0.2) is 42.5 Å². The SMILES string of the molecule is CCOc1ccc(Cc2cc(C3OC(COC(C)=O)C4OC5(OC)CCCCC5(OC)OC4C3OC(C)=O)ccc2Cl)cc1. The summed E-state index contributed by atoms with van der Waals surface area (Å²) in [6.45, 7) is 5.10. The first-order valence-corrected chi connectivity index (χ1v) is 15.4. The molecule has 2 aromatic rings. The summed E-state index contributed by atoms with van der Waals surface area (Å²) < 4.78 is 49.0. The molecular formula is C33H41ClO10. The molecule has 3 aliphatic rings. The predicted molar refractivity (Wildman–Crippen MR) is 159 cm³/mol. The van der Waals surface area contributed by atoms with Crippen LogP contribution in [-0.4, -0.2) is 75.4 Å². The molecule has 0 bridgehead atoms. The maximum Gasteiger partial charge on any atom is 0.303 e. The van der Waals surface area contributed by atoms with Crippen LogP contribution >= 0.6 is 11.6 Å². The number of carbonyl (C=O) groups is 2. The highest BCUT2D eigenvalue weighted by atomic mass is 35.5. The molecule has 240 valence electrons. The Morgan fingerprint density at radius 2 is 1.59 bits per heavy atom. The number of methoxy groups -OCH3 is 2. The molecule has 10 nitrogen and oxygen atoms in total. The Morgan fingerprint density at radius 3 is 2.18 bits per heavy atom. The van der Waals surface area contributed by atoms with E-state index >= 15 is 0 Å². The van der Waals surface area contributed by atoms with Gasteiger partial charge in [0.1, 0.15) is 36.8 Å². The largest absolute Gasteiger partial charge is 0.494 e. The standard InChI is InChI=1S/C33H41ClO10/c1-6-39-25-12-9-22(10-13-25)17-24-18-23(11-14-26(24)34)28-30(41-21(3)36)31-29(27(42-28)19-40-20(2)35)43-32(37-4)15-7-8-16-33(32,38-5)44-31/h9-14,18,27-31H,6-8,15-17,19H2,1-5H3. The lowest BCUT2D eigenvalue weighted by molar-refractivity contribution is -0.491. The molecule has 5 rings (SSSR count). The van der Waals surface area contributed by atoms with Crippen LogP contribution in [0, 0.1) is 0 Å². The fraction of sp³-hybridized carbons (Fsp3) is 0.576. The van der Waals surface area contributed by atoms with Crippen molar-refractivity contribution in [2.24, 2.45) is 0 Å². The van der Waals surface area contributed by atoms with Crippen LogP contribution < -0.4 is 4.74 Å². The van der Waals surface area contributed by atoms with E-state index in [0.717, 1.165) is 35.3 Å². The summed E-state index contributed by atoms with van der Waals surface area (Å²) in [6, 6.07) is 13.4. The Labute approximate surface area is 263 Å². The molecule has 1 aliphatic carbocycles. The molecule has 11 heteroatoms. The Kier molecular flexibility index (Phi) is 10.2. The summed E-state index contributed by atoms with van der Waals surface area (Å²) in [4.78, 5) is 24.4. The fourth-order valence-corrected chi connectivity index (χ4v) is 6.74. The molecule has 7 atom stereocenters. The van der Waals surface area contributed by atoms with E-state index in [4.69, 9.17) is 49.5 Å². The summed E-state index contributed by atoms with van der Waals surface area (Å²) in [5.74, 6) is -2.64. The molecule has 7 unspecified atom stereocenters. The van der Waals surface area contributed by atoms with E-state index in [-0.39, 0.29) is 6.61 Å². The Bertz CT molecular complexity index is 1320. The van der Waals surface area contributed by atoms with E-state index in [1.54, 1.807) is 20.3 Å². The number of fused-ring (bicyclic) bond motifs is 2. The van der Waals surface area contributed by atoms with Gasteiger partial charge in [-0.15, -0.1) is 0 Å². The van der Waals surface area contributed by atoms with Crippen LogP contribution in [0.5, 0.6) is 5.75 Å². The van der Waals surface area contributed by atoms with Gasteiger partial charge in [-0.2, -0.15) is 0 Å². The van der Waals surface area contributed by atoms with Gasteiger partial charge in [-0.05, 0) is 61.1 Å². The number of rotatable bonds is 10. The van der Waals surface area contributed by atoms with Crippen molar-refractivity contribution in [3.8, 4) is 5.75 Å². The molecule has 3 fully saturated rings. The first kappa shape index (κ1) is 32.7. The van der Waals surface area contributed by atoms with Crippen LogP contribution in [0.3, 0.4) is 0 Å². The zero-order valence-electron chi connectivity index (χ0n) is 25.8. The highest BCUT2D eigenvalue weighted by Gasteiger charge is 2.67. The summed E-state index contributed by atoms with van der Waals surface area (Å²) in [5, 5.41) is 0.583. The van der Waals surface area contributed by atoms with Crippen molar-refractivity contribution in [3.05, 3.63) is 64.2 Å². The zero-order chi connectivity index (χ0) is 31.5. The maximum absolute atomic E-state index is 12.5. The summed E-state index contributed by atoms with van der Waals surface area (Å²) >= 11 is 6.67. The van der Waals surface area contributed by atoms with Crippen LogP contribution in [-0.2, 0) is 49.2 Å². The maximum atomic E-state index is 12.5. The smallest absolute Gasteiger partial charge is 0.303 e. The van der Waals surface area contributed by atoms with Crippen molar-refractivity contribution >= 4 is 23.5 Å². The minimum atomic E-state index is -1.24. The molecule has 44 heavy (non-hydrogen) atoms. The number of halogens is 1. The van der Waals surface area contributed by atoms with Crippen molar-refractivity contribution in [3.63, 3.8) is 0 Å². The third kappa shape index (κ3) is 6.47. The monoisotopic (exact) mass is 632 g/mol. The molecular weight excluding hydrogens is 592 g/mol. The summed E-state index contributed by atoms with van der Waals surface area (Å²) in [5.41, 5.74) is 2.62. The lowest BCUT2D eigenvalue weighted by Gasteiger charge is -2.60. The van der Waals surface area contributed by atoms with E-state index in [9.17, 15) is 9.59 Å². The predicted octanol–water partition coefficient (Wildman–Crippen LogP) is 5.31. The molecule has 2 aliphatic heterocycles. The number of ether oxygens (including phenoxy) is 8. The highest BCUT2D eigenvalue weighted by molar-refractivity contribution is 6.31. The first-order valence-electron chi connectivity index (χ1n) is 15.1. The molecule has 0 spiro atoms. The van der Waals surface area contributed by atoms with E-state index < -0.39 is 54.0 Å². The lowest BCUT2D eigenvalue weighted by Crippen LogP contribution is -2.74. The Hall–Kier alpha value is -2.73. The number of carbonyl (C=O) groups excluding carboxylic acids is 2. The van der Waals surface area contributed by atoms with Gasteiger partial charge in [0.2, 0.25) is 11.6 Å². The lowest BCUT2D eigenvalue weighted by atomic mass is 9.82. The van der Waals surface area contributed by atoms with Gasteiger partial charge >= 0.3 is 11.9 Å². The van der Waals surface area contributed by atoms with Crippen molar-refractivity contribution in [1.29, 1.82) is 0 Å². The second kappa shape index (κ2) is 13.7. The Balaban J connectivity index is 1.52. The van der Waals surface area contributed by atoms with Gasteiger partial charge in [-0.25, -0.2) is 0 Å². The van der Waals surface area contributed by atoms with Crippen molar-refractivity contribution < 1.29 is 47.5 Å². The number of benzene rings is 2. The third-order valence-electron chi connectivity index (χ3n) is 8.57. The van der Waals surface area contributed by atoms with Crippen molar-refractivity contribution in [1.82, 2.24) is 0 Å². The number of hydrogen-bond acceptors (Lipinski definition) is 10. The second-order valence-corrected chi connectivity index (χ2v) is 11.8. The van der Waals surface area contributed by atoms with Crippen LogP contribution in [0.4, 0.5) is 0 Å². The molecule has 1 saturated carbocycles. The highest BCUT2D eigenvalue weighted by Crippen LogP contribution is 2.53. The Morgan fingerprint density at radius 1 is 0.932 bits per heavy atom. The minimum absolute atomic E-state index is 0.102. The van der Waals surface area contributed by atoms with Gasteiger partial charge in [0.05, 0.1) is 6.61 Å². The molecule has 2 aromatic carbocycles. The minimum Gasteiger partial charge on any atom is -0.494 e. The van der Waals surface area contributed by atoms with Gasteiger partial charge in [0.25, 0.3) is 0 Å². The van der Waals surface area contributed by atoms with Gasteiger partial charge < -0.3 is 37.9 Å². The first-order chi connectivity index (χ1) is 21.1. The average molecular weight is 633 g/mol. The molecule has 0 N–H and O–H groups in total. The average Bonchev–Trinajstić information content (AvgIpc) is 3.01. The van der Waals surface area contributed by atoms with Gasteiger partial charge in [-0.3, -0.25) is 9.59 Å². The summed E-state index contributed by atoms with van der Waals surface area (Å²) in [6.07, 6.45) is -0.854. The van der Waals surface area contributed by atoms with Gasteiger partial charge in [0.15, 0.2) is 6.10 Å². The molecule has 0 amide bonds. The van der Waals surface area contributed by atoms with Crippen molar-refractivity contribution in [2.75, 3.05) is 27.4 Å². The van der Waals surface area contributed by atoms with Crippen LogP contribution in [0.1, 0.15) is 69.2 Å². The molecule has 2 heterocycles. The van der Waals surface area contributed by atoms with Crippen LogP contribution in [0.2, 0.25) is 5.02 Å². The topological polar surface area (TPSA) is 108 Å². The normalized spacial score (nSPS) is 31.4. The third-order valence-corrected chi connectivity index (χ3v) is 8.94. The molecule has 2 saturated heterocycles. The van der Waals surface area contributed by atoms with E-state index in [2.05, 4.69) is 0 Å². The number of hydrogen-bond donors (Lipinski definition) is 0. The van der Waals surface area contributed by atoms with Crippen molar-refractivity contribution in [2.45, 2.75) is 95.0 Å². The van der Waals surface area contributed by atoms with Crippen LogP contribution in [0.25, 0.3) is 0 Å². The second-order valence-electron chi connectivity index (χ2n) is 11.4. The summed E-state index contributed by atoms with van der Waals surface area (Å²) in [7, 11) is 3.11. The van der Waals surface area contributed by atoms with E-state index in [1.807, 2.05) is 43.3 Å². The molecule has 0 aromatic heterocycles. The number of esters is 2. The molecule has 0 radical (unpaired) electrons. The van der Waals surface area contributed by atoms with E-state index in [1.165, 1.54) is 13.8 Å². The van der Waals surface area contributed by atoms with Gasteiger partial charge in [-0.1, -0.05) is 35.9 Å². The van der Waals surface area contributed by atoms with Gasteiger partial charge in [0, 0.05) is 45.9 Å². The quantitative estimate of drug-likeness (QED) is 0.320.